The Labute approximate surface area is 202 Å². The molecule has 2 aromatic carbocycles. The van der Waals surface area contributed by atoms with Gasteiger partial charge in [-0.2, -0.15) is 8.78 Å². The molecule has 0 saturated carbocycles. The van der Waals surface area contributed by atoms with Gasteiger partial charge in [0.1, 0.15) is 5.75 Å². The number of hydrogen-bond donors (Lipinski definition) is 1. The van der Waals surface area contributed by atoms with Crippen LogP contribution in [0.5, 0.6) is 5.75 Å². The lowest BCUT2D eigenvalue weighted by Crippen LogP contribution is -2.36. The average molecular weight is 499 g/mol. The molecule has 8 nitrogen and oxygen atoms in total. The molecule has 2 aliphatic heterocycles. The van der Waals surface area contributed by atoms with Crippen LogP contribution in [0.3, 0.4) is 0 Å². The zero-order chi connectivity index (χ0) is 24.5. The maximum Gasteiger partial charge on any atom is 0.387 e. The molecule has 5 rings (SSSR count). The first-order chi connectivity index (χ1) is 16.9. The van der Waals surface area contributed by atoms with Crippen LogP contribution in [-0.4, -0.2) is 53.5 Å². The van der Waals surface area contributed by atoms with Gasteiger partial charge in [-0.3, -0.25) is 24.6 Å². The zero-order valence-electron chi connectivity index (χ0n) is 18.2. The average Bonchev–Trinajstić information content (AvgIpc) is 3.57. The maximum absolute atomic E-state index is 12.8. The van der Waals surface area contributed by atoms with Gasteiger partial charge in [0, 0.05) is 23.1 Å². The van der Waals surface area contributed by atoms with Gasteiger partial charge in [-0.1, -0.05) is 12.1 Å². The van der Waals surface area contributed by atoms with E-state index in [1.807, 2.05) is 0 Å². The number of anilines is 1. The van der Waals surface area contributed by atoms with Crippen molar-refractivity contribution >= 4 is 34.2 Å². The van der Waals surface area contributed by atoms with Crippen molar-refractivity contribution in [2.24, 2.45) is 0 Å². The van der Waals surface area contributed by atoms with E-state index in [-0.39, 0.29) is 40.2 Å². The number of benzene rings is 2. The van der Waals surface area contributed by atoms with E-state index >= 15 is 0 Å². The molecule has 1 fully saturated rings. The lowest BCUT2D eigenvalue weighted by atomic mass is 10.1. The summed E-state index contributed by atoms with van der Waals surface area (Å²) in [6, 6.07) is 10.5. The minimum absolute atomic E-state index is 0.0277. The third kappa shape index (κ3) is 4.64. The number of nitrogens with zero attached hydrogens (tertiary/aromatic N) is 2. The molecule has 1 aromatic heterocycles. The van der Waals surface area contributed by atoms with Crippen molar-refractivity contribution in [2.75, 3.05) is 18.5 Å². The Hall–Kier alpha value is -3.70. The summed E-state index contributed by atoms with van der Waals surface area (Å²) in [6.45, 7) is -2.18. The second kappa shape index (κ2) is 9.51. The van der Waals surface area contributed by atoms with E-state index in [9.17, 15) is 23.2 Å². The van der Waals surface area contributed by atoms with Gasteiger partial charge in [0.15, 0.2) is 5.13 Å². The molecule has 0 spiro atoms. The number of halogens is 2. The Kier molecular flexibility index (Phi) is 6.27. The van der Waals surface area contributed by atoms with Crippen LogP contribution < -0.4 is 10.1 Å². The molecule has 11 heteroatoms. The number of hydrogen-bond acceptors (Lipinski definition) is 7. The van der Waals surface area contributed by atoms with Crippen molar-refractivity contribution < 1.29 is 32.6 Å². The lowest BCUT2D eigenvalue weighted by molar-refractivity contribution is -0.0494. The second-order valence-electron chi connectivity index (χ2n) is 7.98. The predicted molar refractivity (Wildman–Crippen MR) is 123 cm³/mol. The standard InChI is InChI=1S/C24H19F2N3O5S/c25-23(26)34-19-6-2-1-5-16(19)18-12-35-24(27-18)28-20(30)13-7-8-15-17(10-13)22(32)29(21(15)31)11-14-4-3-9-33-14/h1-2,5-8,10,12,14,23H,3-4,9,11H2,(H,27,28,30). The fraction of sp³-hybridized carbons (Fsp3) is 0.250. The largest absolute Gasteiger partial charge is 0.434 e. The third-order valence-electron chi connectivity index (χ3n) is 5.75. The predicted octanol–water partition coefficient (Wildman–Crippen LogP) is 4.44. The normalized spacial score (nSPS) is 17.2. The zero-order valence-corrected chi connectivity index (χ0v) is 19.0. The van der Waals surface area contributed by atoms with Crippen molar-refractivity contribution in [3.8, 4) is 17.0 Å². The van der Waals surface area contributed by atoms with Crippen molar-refractivity contribution in [3.63, 3.8) is 0 Å². The van der Waals surface area contributed by atoms with Crippen molar-refractivity contribution in [2.45, 2.75) is 25.6 Å². The first kappa shape index (κ1) is 23.1. The van der Waals surface area contributed by atoms with Gasteiger partial charge < -0.3 is 9.47 Å². The highest BCUT2D eigenvalue weighted by Crippen LogP contribution is 2.33. The van der Waals surface area contributed by atoms with E-state index in [0.29, 0.717) is 17.9 Å². The number of ether oxygens (including phenoxy) is 2. The van der Waals surface area contributed by atoms with Gasteiger partial charge >= 0.3 is 6.61 Å². The van der Waals surface area contributed by atoms with E-state index < -0.39 is 24.3 Å². The number of rotatable bonds is 7. The van der Waals surface area contributed by atoms with E-state index in [0.717, 1.165) is 29.1 Å². The van der Waals surface area contributed by atoms with Gasteiger partial charge in [0.2, 0.25) is 0 Å². The van der Waals surface area contributed by atoms with Crippen LogP contribution in [0.2, 0.25) is 0 Å². The number of alkyl halides is 2. The van der Waals surface area contributed by atoms with Crippen LogP contribution in [0, 0.1) is 0 Å². The number of thiazole rings is 1. The van der Waals surface area contributed by atoms with Crippen LogP contribution >= 0.6 is 11.3 Å². The minimum atomic E-state index is -2.98. The summed E-state index contributed by atoms with van der Waals surface area (Å²) < 4.78 is 35.5. The molecule has 3 amide bonds. The van der Waals surface area contributed by atoms with Crippen molar-refractivity contribution in [1.82, 2.24) is 9.88 Å². The van der Waals surface area contributed by atoms with E-state index in [1.54, 1.807) is 23.6 Å². The Morgan fingerprint density at radius 2 is 1.97 bits per heavy atom. The van der Waals surface area contributed by atoms with Crippen LogP contribution in [-0.2, 0) is 4.74 Å². The minimum Gasteiger partial charge on any atom is -0.434 e. The van der Waals surface area contributed by atoms with Crippen LogP contribution in [0.15, 0.2) is 47.8 Å². The topological polar surface area (TPSA) is 97.8 Å². The third-order valence-corrected chi connectivity index (χ3v) is 6.50. The van der Waals surface area contributed by atoms with Gasteiger partial charge in [0.25, 0.3) is 17.7 Å². The Balaban J connectivity index is 1.31. The molecule has 35 heavy (non-hydrogen) atoms. The molecular formula is C24H19F2N3O5S. The quantitative estimate of drug-likeness (QED) is 0.483. The molecule has 1 N–H and O–H groups in total. The maximum atomic E-state index is 12.8. The molecule has 3 heterocycles. The van der Waals surface area contributed by atoms with Crippen molar-refractivity contribution in [1.29, 1.82) is 0 Å². The first-order valence-electron chi connectivity index (χ1n) is 10.8. The van der Waals surface area contributed by atoms with Crippen molar-refractivity contribution in [3.05, 3.63) is 64.5 Å². The Morgan fingerprint density at radius 1 is 1.17 bits per heavy atom. The number of carbonyl (C=O) groups is 3. The van der Waals surface area contributed by atoms with E-state index in [2.05, 4.69) is 15.0 Å². The molecule has 2 aliphatic rings. The number of amides is 3. The van der Waals surface area contributed by atoms with Crippen LogP contribution in [0.4, 0.5) is 13.9 Å². The summed E-state index contributed by atoms with van der Waals surface area (Å²) in [7, 11) is 0. The molecule has 1 unspecified atom stereocenters. The molecule has 0 aliphatic carbocycles. The monoisotopic (exact) mass is 499 g/mol. The number of fused-ring (bicyclic) bond motifs is 1. The fourth-order valence-corrected chi connectivity index (χ4v) is 4.80. The molecule has 1 saturated heterocycles. The molecule has 180 valence electrons. The highest BCUT2D eigenvalue weighted by molar-refractivity contribution is 7.14. The number of nitrogens with one attached hydrogen (secondary N) is 1. The van der Waals surface area contributed by atoms with Gasteiger partial charge in [-0.05, 0) is 43.2 Å². The summed E-state index contributed by atoms with van der Waals surface area (Å²) in [5.74, 6) is -1.41. The molecule has 0 radical (unpaired) electrons. The highest BCUT2D eigenvalue weighted by atomic mass is 32.1. The summed E-state index contributed by atoms with van der Waals surface area (Å²) in [4.78, 5) is 43.8. The number of aromatic nitrogens is 1. The summed E-state index contributed by atoms with van der Waals surface area (Å²) >= 11 is 1.11. The van der Waals surface area contributed by atoms with Gasteiger partial charge in [0.05, 0.1) is 29.5 Å². The number of imide groups is 1. The molecular weight excluding hydrogens is 480 g/mol. The number of para-hydroxylation sites is 1. The Bertz CT molecular complexity index is 1310. The SMILES string of the molecule is O=C(Nc1nc(-c2ccccc2OC(F)F)cs1)c1ccc2c(c1)C(=O)N(CC1CCCO1)C2=O. The molecule has 3 aromatic rings. The van der Waals surface area contributed by atoms with Crippen LogP contribution in [0.1, 0.15) is 43.9 Å². The highest BCUT2D eigenvalue weighted by Gasteiger charge is 2.38. The summed E-state index contributed by atoms with van der Waals surface area (Å²) in [6.07, 6.45) is 1.51. The van der Waals surface area contributed by atoms with Crippen LogP contribution in [0.25, 0.3) is 11.3 Å². The summed E-state index contributed by atoms with van der Waals surface area (Å²) in [5.41, 5.74) is 1.32. The van der Waals surface area contributed by atoms with Gasteiger partial charge in [-0.25, -0.2) is 4.98 Å². The van der Waals surface area contributed by atoms with E-state index in [4.69, 9.17) is 4.74 Å². The lowest BCUT2D eigenvalue weighted by Gasteiger charge is -2.17. The fourth-order valence-electron chi connectivity index (χ4n) is 4.09. The first-order valence-corrected chi connectivity index (χ1v) is 11.7. The number of carbonyl (C=O) groups excluding carboxylic acids is 3. The molecule has 1 atom stereocenters. The smallest absolute Gasteiger partial charge is 0.387 e. The second-order valence-corrected chi connectivity index (χ2v) is 8.84. The molecule has 0 bridgehead atoms. The Morgan fingerprint density at radius 3 is 2.74 bits per heavy atom. The summed E-state index contributed by atoms with van der Waals surface area (Å²) in [5, 5.41) is 4.49. The van der Waals surface area contributed by atoms with E-state index in [1.165, 1.54) is 24.3 Å². The van der Waals surface area contributed by atoms with Gasteiger partial charge in [-0.15, -0.1) is 11.3 Å².